The van der Waals surface area contributed by atoms with E-state index in [0.29, 0.717) is 23.2 Å². The number of thiazole rings is 1. The molecule has 1 amide bonds. The summed E-state index contributed by atoms with van der Waals surface area (Å²) in [7, 11) is 1.60. The third-order valence-corrected chi connectivity index (χ3v) is 5.06. The predicted octanol–water partition coefficient (Wildman–Crippen LogP) is 4.50. The van der Waals surface area contributed by atoms with Crippen LogP contribution in [0.4, 0.5) is 5.13 Å². The first-order valence-electron chi connectivity index (χ1n) is 8.48. The Hall–Kier alpha value is -2.05. The van der Waals surface area contributed by atoms with Crippen LogP contribution in [0.15, 0.2) is 24.3 Å². The third kappa shape index (κ3) is 4.99. The number of benzene rings is 1. The second-order valence-corrected chi connectivity index (χ2v) is 6.85. The van der Waals surface area contributed by atoms with Crippen molar-refractivity contribution in [2.75, 3.05) is 19.0 Å². The van der Waals surface area contributed by atoms with Gasteiger partial charge < -0.3 is 9.47 Å². The Balaban J connectivity index is 0.00000243. The second kappa shape index (κ2) is 9.59. The van der Waals surface area contributed by atoms with Crippen LogP contribution < -0.4 is 14.8 Å². The molecule has 0 atom stereocenters. The molecule has 3 rings (SSSR count). The van der Waals surface area contributed by atoms with Gasteiger partial charge in [-0.05, 0) is 56.4 Å². The van der Waals surface area contributed by atoms with Crippen LogP contribution in [0.1, 0.15) is 35.9 Å². The van der Waals surface area contributed by atoms with Crippen LogP contribution in [0.3, 0.4) is 0 Å². The van der Waals surface area contributed by atoms with Crippen LogP contribution in [-0.2, 0) is 17.6 Å². The number of anilines is 1. The molecule has 140 valence electrons. The molecule has 1 aliphatic carbocycles. The van der Waals surface area contributed by atoms with Crippen molar-refractivity contribution < 1.29 is 14.3 Å². The number of ether oxygens (including phenoxy) is 2. The molecule has 0 spiro atoms. The summed E-state index contributed by atoms with van der Waals surface area (Å²) in [6.07, 6.45) is 7.75. The van der Waals surface area contributed by atoms with Gasteiger partial charge in [0.25, 0.3) is 0 Å². The van der Waals surface area contributed by atoms with E-state index in [1.165, 1.54) is 23.8 Å². The highest BCUT2D eigenvalue weighted by molar-refractivity contribution is 7.15. The molecule has 0 bridgehead atoms. The zero-order valence-corrected chi connectivity index (χ0v) is 16.5. The van der Waals surface area contributed by atoms with Crippen LogP contribution in [-0.4, -0.2) is 24.6 Å². The summed E-state index contributed by atoms with van der Waals surface area (Å²) in [6.45, 7) is 2.50. The highest BCUT2D eigenvalue weighted by Crippen LogP contribution is 2.30. The van der Waals surface area contributed by atoms with Crippen molar-refractivity contribution in [1.82, 2.24) is 4.98 Å². The SMILES string of the molecule is CCOc1ccc(/C=C/C(=O)Nc2nc3c(s2)CCCC3)cc1OC.Cl. The Morgan fingerprint density at radius 2 is 2.12 bits per heavy atom. The first kappa shape index (κ1) is 20.3. The Labute approximate surface area is 163 Å². The van der Waals surface area contributed by atoms with Crippen LogP contribution in [0, 0.1) is 0 Å². The summed E-state index contributed by atoms with van der Waals surface area (Å²) in [5, 5.41) is 3.54. The maximum Gasteiger partial charge on any atom is 0.250 e. The highest BCUT2D eigenvalue weighted by atomic mass is 35.5. The van der Waals surface area contributed by atoms with Gasteiger partial charge in [-0.1, -0.05) is 6.07 Å². The van der Waals surface area contributed by atoms with E-state index in [4.69, 9.17) is 9.47 Å². The molecule has 5 nitrogen and oxygen atoms in total. The number of rotatable bonds is 6. The number of hydrogen-bond acceptors (Lipinski definition) is 5. The van der Waals surface area contributed by atoms with Gasteiger partial charge in [0.05, 0.1) is 19.4 Å². The molecule has 0 saturated heterocycles. The maximum absolute atomic E-state index is 12.1. The molecule has 2 aromatic rings. The fourth-order valence-electron chi connectivity index (χ4n) is 2.79. The number of carbonyl (C=O) groups excluding carboxylic acids is 1. The lowest BCUT2D eigenvalue weighted by Gasteiger charge is -2.09. The molecule has 0 fully saturated rings. The average Bonchev–Trinajstić information content (AvgIpc) is 3.03. The normalized spacial score (nSPS) is 13.0. The van der Waals surface area contributed by atoms with E-state index in [1.807, 2.05) is 25.1 Å². The summed E-state index contributed by atoms with van der Waals surface area (Å²) in [5.74, 6) is 1.16. The molecule has 0 saturated carbocycles. The Morgan fingerprint density at radius 3 is 2.85 bits per heavy atom. The van der Waals surface area contributed by atoms with Crippen molar-refractivity contribution >= 4 is 40.9 Å². The molecule has 0 radical (unpaired) electrons. The van der Waals surface area contributed by atoms with Gasteiger partial charge in [-0.3, -0.25) is 10.1 Å². The van der Waals surface area contributed by atoms with Crippen molar-refractivity contribution in [2.24, 2.45) is 0 Å². The lowest BCUT2D eigenvalue weighted by atomic mass is 10.0. The average molecular weight is 395 g/mol. The minimum Gasteiger partial charge on any atom is -0.493 e. The Morgan fingerprint density at radius 1 is 1.31 bits per heavy atom. The molecule has 0 aliphatic heterocycles. The molecular weight excluding hydrogens is 372 g/mol. The molecule has 26 heavy (non-hydrogen) atoms. The van der Waals surface area contributed by atoms with Crippen LogP contribution in [0.5, 0.6) is 11.5 Å². The Bertz CT molecular complexity index is 766. The summed E-state index contributed by atoms with van der Waals surface area (Å²) in [6, 6.07) is 5.57. The number of methoxy groups -OCH3 is 1. The van der Waals surface area contributed by atoms with Crippen LogP contribution in [0.25, 0.3) is 6.08 Å². The smallest absolute Gasteiger partial charge is 0.250 e. The quantitative estimate of drug-likeness (QED) is 0.732. The lowest BCUT2D eigenvalue weighted by Crippen LogP contribution is -2.07. The number of aromatic nitrogens is 1. The van der Waals surface area contributed by atoms with Gasteiger partial charge >= 0.3 is 0 Å². The van der Waals surface area contributed by atoms with Gasteiger partial charge in [0, 0.05) is 11.0 Å². The summed E-state index contributed by atoms with van der Waals surface area (Å²) < 4.78 is 10.8. The van der Waals surface area contributed by atoms with E-state index in [1.54, 1.807) is 24.5 Å². The lowest BCUT2D eigenvalue weighted by molar-refractivity contribution is -0.111. The number of halogens is 1. The van der Waals surface area contributed by atoms with E-state index in [9.17, 15) is 4.79 Å². The molecule has 1 aromatic heterocycles. The zero-order valence-electron chi connectivity index (χ0n) is 14.9. The standard InChI is InChI=1S/C19H22N2O3S.ClH/c1-3-24-15-10-8-13(12-16(15)23-2)9-11-18(22)21-19-20-14-6-4-5-7-17(14)25-19;/h8-12H,3-7H2,1-2H3,(H,20,21,22);1H/b11-9+;. The number of amides is 1. The maximum atomic E-state index is 12.1. The van der Waals surface area contributed by atoms with Gasteiger partial charge in [-0.2, -0.15) is 0 Å². The molecular formula is C19H23ClN2O3S. The number of nitrogens with one attached hydrogen (secondary N) is 1. The monoisotopic (exact) mass is 394 g/mol. The molecule has 1 aliphatic rings. The fraction of sp³-hybridized carbons (Fsp3) is 0.368. The zero-order chi connectivity index (χ0) is 17.6. The van der Waals surface area contributed by atoms with Gasteiger partial charge in [0.15, 0.2) is 16.6 Å². The van der Waals surface area contributed by atoms with Gasteiger partial charge in [-0.25, -0.2) is 4.98 Å². The van der Waals surface area contributed by atoms with Crippen LogP contribution in [0.2, 0.25) is 0 Å². The van der Waals surface area contributed by atoms with E-state index in [0.717, 1.165) is 24.1 Å². The fourth-order valence-corrected chi connectivity index (χ4v) is 3.84. The second-order valence-electron chi connectivity index (χ2n) is 5.76. The summed E-state index contributed by atoms with van der Waals surface area (Å²) >= 11 is 1.59. The van der Waals surface area contributed by atoms with Crippen molar-refractivity contribution in [2.45, 2.75) is 32.6 Å². The number of aryl methyl sites for hydroxylation is 2. The number of carbonyl (C=O) groups is 1. The van der Waals surface area contributed by atoms with Gasteiger partial charge in [0.2, 0.25) is 5.91 Å². The first-order chi connectivity index (χ1) is 12.2. The molecule has 7 heteroatoms. The van der Waals surface area contributed by atoms with E-state index in [-0.39, 0.29) is 18.3 Å². The number of fused-ring (bicyclic) bond motifs is 1. The van der Waals surface area contributed by atoms with E-state index in [2.05, 4.69) is 10.3 Å². The van der Waals surface area contributed by atoms with E-state index < -0.39 is 0 Å². The minimum atomic E-state index is -0.182. The molecule has 1 N–H and O–H groups in total. The predicted molar refractivity (Wildman–Crippen MR) is 108 cm³/mol. The molecule has 1 aromatic carbocycles. The summed E-state index contributed by atoms with van der Waals surface area (Å²) in [4.78, 5) is 18.0. The number of hydrogen-bond donors (Lipinski definition) is 1. The minimum absolute atomic E-state index is 0. The van der Waals surface area contributed by atoms with Crippen LogP contribution >= 0.6 is 23.7 Å². The van der Waals surface area contributed by atoms with E-state index >= 15 is 0 Å². The van der Waals surface area contributed by atoms with Crippen molar-refractivity contribution in [1.29, 1.82) is 0 Å². The largest absolute Gasteiger partial charge is 0.493 e. The molecule has 1 heterocycles. The first-order valence-corrected chi connectivity index (χ1v) is 9.29. The summed E-state index contributed by atoms with van der Waals surface area (Å²) in [5.41, 5.74) is 2.01. The van der Waals surface area contributed by atoms with Crippen molar-refractivity contribution in [3.8, 4) is 11.5 Å². The number of nitrogens with zero attached hydrogens (tertiary/aromatic N) is 1. The molecule has 0 unspecified atom stereocenters. The van der Waals surface area contributed by atoms with Crippen molar-refractivity contribution in [3.05, 3.63) is 40.4 Å². The van der Waals surface area contributed by atoms with Crippen molar-refractivity contribution in [3.63, 3.8) is 0 Å². The van der Waals surface area contributed by atoms with Gasteiger partial charge in [-0.15, -0.1) is 23.7 Å². The van der Waals surface area contributed by atoms with Gasteiger partial charge in [0.1, 0.15) is 0 Å². The highest BCUT2D eigenvalue weighted by Gasteiger charge is 2.15. The topological polar surface area (TPSA) is 60.5 Å². The Kier molecular flexibility index (Phi) is 7.48. The third-order valence-electron chi connectivity index (χ3n) is 3.99.